The van der Waals surface area contributed by atoms with Crippen LogP contribution in [0.2, 0.25) is 0 Å². The van der Waals surface area contributed by atoms with Gasteiger partial charge in [-0.25, -0.2) is 0 Å². The average Bonchev–Trinajstić information content (AvgIpc) is 2.71. The number of benzene rings is 2. The van der Waals surface area contributed by atoms with E-state index in [2.05, 4.69) is 71.3 Å². The Morgan fingerprint density at radius 2 is 1.00 bits per heavy atom. The molecule has 0 amide bonds. The minimum absolute atomic E-state index is 0.750. The summed E-state index contributed by atoms with van der Waals surface area (Å²) in [4.78, 5) is 0. The van der Waals surface area contributed by atoms with Gasteiger partial charge in [0, 0.05) is 13.1 Å². The molecule has 2 fully saturated rings. The summed E-state index contributed by atoms with van der Waals surface area (Å²) < 4.78 is 0. The molecular weight excluding hydrogens is 292 g/mol. The van der Waals surface area contributed by atoms with Gasteiger partial charge in [0.05, 0.1) is 0 Å². The molecule has 2 heteroatoms. The Labute approximate surface area is 146 Å². The maximum atomic E-state index is 3.43. The summed E-state index contributed by atoms with van der Waals surface area (Å²) >= 11 is 0. The first kappa shape index (κ1) is 17.2. The molecule has 0 aliphatic carbocycles. The molecule has 2 aliphatic rings. The molecule has 2 aromatic carbocycles. The molecule has 2 aliphatic heterocycles. The standard InChI is InChI=1S/2C11H15N/c2*1-2-5-10(6-3-1)11-7-4-8-12-9-11/h2*1-3,5-6,11-12H,4,7-9H2/t2*11-/m11/s1. The third kappa shape index (κ3) is 5.19. The van der Waals surface area contributed by atoms with Crippen molar-refractivity contribution in [3.8, 4) is 0 Å². The number of nitrogens with one attached hydrogen (secondary N) is 2. The first-order valence-electron chi connectivity index (χ1n) is 9.45. The van der Waals surface area contributed by atoms with Crippen molar-refractivity contribution < 1.29 is 0 Å². The van der Waals surface area contributed by atoms with Crippen LogP contribution in [0.5, 0.6) is 0 Å². The maximum absolute atomic E-state index is 3.43. The third-order valence-electron chi connectivity index (χ3n) is 5.14. The van der Waals surface area contributed by atoms with Gasteiger partial charge in [-0.3, -0.25) is 0 Å². The molecule has 0 radical (unpaired) electrons. The summed E-state index contributed by atoms with van der Waals surface area (Å²) in [5.74, 6) is 1.50. The van der Waals surface area contributed by atoms with Crippen LogP contribution in [0.4, 0.5) is 0 Å². The first-order chi connectivity index (χ1) is 11.9. The molecule has 0 unspecified atom stereocenters. The molecule has 0 spiro atoms. The Morgan fingerprint density at radius 1 is 0.583 bits per heavy atom. The molecule has 0 bridgehead atoms. The van der Waals surface area contributed by atoms with E-state index < -0.39 is 0 Å². The highest BCUT2D eigenvalue weighted by molar-refractivity contribution is 5.21. The van der Waals surface area contributed by atoms with Gasteiger partial charge in [0.1, 0.15) is 0 Å². The van der Waals surface area contributed by atoms with Crippen molar-refractivity contribution in [2.45, 2.75) is 37.5 Å². The minimum atomic E-state index is 0.750. The number of hydrogen-bond donors (Lipinski definition) is 2. The summed E-state index contributed by atoms with van der Waals surface area (Å²) in [5, 5.41) is 6.87. The van der Waals surface area contributed by atoms with Crippen molar-refractivity contribution in [1.29, 1.82) is 0 Å². The van der Waals surface area contributed by atoms with Gasteiger partial charge in [-0.05, 0) is 61.7 Å². The summed E-state index contributed by atoms with van der Waals surface area (Å²) in [5.41, 5.74) is 2.98. The van der Waals surface area contributed by atoms with E-state index in [0.29, 0.717) is 0 Å². The SMILES string of the molecule is c1ccc([C@@H]2CCCNC2)cc1.c1ccc([C@@H]2CCCNC2)cc1. The van der Waals surface area contributed by atoms with Gasteiger partial charge < -0.3 is 10.6 Å². The lowest BCUT2D eigenvalue weighted by molar-refractivity contribution is 0.461. The second-order valence-electron chi connectivity index (χ2n) is 6.91. The van der Waals surface area contributed by atoms with Crippen LogP contribution in [-0.2, 0) is 0 Å². The van der Waals surface area contributed by atoms with Crippen molar-refractivity contribution in [2.75, 3.05) is 26.2 Å². The van der Waals surface area contributed by atoms with Gasteiger partial charge in [-0.1, -0.05) is 60.7 Å². The van der Waals surface area contributed by atoms with Crippen LogP contribution < -0.4 is 10.6 Å². The second-order valence-corrected chi connectivity index (χ2v) is 6.91. The zero-order valence-electron chi connectivity index (χ0n) is 14.6. The molecule has 2 saturated heterocycles. The number of hydrogen-bond acceptors (Lipinski definition) is 2. The summed E-state index contributed by atoms with van der Waals surface area (Å²) in [6, 6.07) is 21.6. The van der Waals surface area contributed by atoms with Gasteiger partial charge >= 0.3 is 0 Å². The number of piperidine rings is 2. The molecule has 24 heavy (non-hydrogen) atoms. The lowest BCUT2D eigenvalue weighted by Gasteiger charge is -2.22. The van der Waals surface area contributed by atoms with Gasteiger partial charge in [-0.2, -0.15) is 0 Å². The van der Waals surface area contributed by atoms with Crippen molar-refractivity contribution in [3.05, 3.63) is 71.8 Å². The van der Waals surface area contributed by atoms with Gasteiger partial charge in [-0.15, -0.1) is 0 Å². The lowest BCUT2D eigenvalue weighted by atomic mass is 9.92. The van der Waals surface area contributed by atoms with E-state index in [9.17, 15) is 0 Å². The average molecular weight is 322 g/mol. The fourth-order valence-electron chi connectivity index (χ4n) is 3.72. The normalized spacial score (nSPS) is 23.8. The molecule has 128 valence electrons. The zero-order chi connectivity index (χ0) is 16.5. The minimum Gasteiger partial charge on any atom is -0.316 e. The Hall–Kier alpha value is -1.64. The largest absolute Gasteiger partial charge is 0.316 e. The van der Waals surface area contributed by atoms with Crippen molar-refractivity contribution in [2.24, 2.45) is 0 Å². The van der Waals surface area contributed by atoms with Gasteiger partial charge in [0.15, 0.2) is 0 Å². The smallest absolute Gasteiger partial charge is 0.00201 e. The maximum Gasteiger partial charge on any atom is 0.00201 e. The Kier molecular flexibility index (Phi) is 6.88. The third-order valence-corrected chi connectivity index (χ3v) is 5.14. The van der Waals surface area contributed by atoms with Crippen LogP contribution in [-0.4, -0.2) is 26.2 Å². The van der Waals surface area contributed by atoms with Crippen LogP contribution in [0.25, 0.3) is 0 Å². The second kappa shape index (κ2) is 9.61. The molecule has 2 heterocycles. The highest BCUT2D eigenvalue weighted by atomic mass is 14.9. The van der Waals surface area contributed by atoms with Crippen molar-refractivity contribution in [1.82, 2.24) is 10.6 Å². The molecule has 2 aromatic rings. The van der Waals surface area contributed by atoms with Crippen molar-refractivity contribution in [3.63, 3.8) is 0 Å². The van der Waals surface area contributed by atoms with E-state index >= 15 is 0 Å². The van der Waals surface area contributed by atoms with E-state index in [1.54, 1.807) is 0 Å². The van der Waals surface area contributed by atoms with Gasteiger partial charge in [0.25, 0.3) is 0 Å². The predicted molar refractivity (Wildman–Crippen MR) is 103 cm³/mol. The summed E-state index contributed by atoms with van der Waals surface area (Å²) in [6.45, 7) is 4.71. The van der Waals surface area contributed by atoms with Crippen LogP contribution in [0.1, 0.15) is 48.6 Å². The zero-order valence-corrected chi connectivity index (χ0v) is 14.6. The van der Waals surface area contributed by atoms with E-state index in [4.69, 9.17) is 0 Å². The van der Waals surface area contributed by atoms with Crippen LogP contribution in [0.15, 0.2) is 60.7 Å². The molecule has 2 atom stereocenters. The molecule has 4 rings (SSSR count). The van der Waals surface area contributed by atoms with E-state index in [1.165, 1.54) is 49.9 Å². The van der Waals surface area contributed by atoms with E-state index in [-0.39, 0.29) is 0 Å². The molecule has 2 nitrogen and oxygen atoms in total. The molecule has 0 saturated carbocycles. The summed E-state index contributed by atoms with van der Waals surface area (Å²) in [6.07, 6.45) is 5.33. The van der Waals surface area contributed by atoms with E-state index in [1.807, 2.05) is 0 Å². The van der Waals surface area contributed by atoms with Crippen molar-refractivity contribution >= 4 is 0 Å². The lowest BCUT2D eigenvalue weighted by Crippen LogP contribution is -2.28. The predicted octanol–water partition coefficient (Wildman–Crippen LogP) is 4.31. The fourth-order valence-corrected chi connectivity index (χ4v) is 3.72. The quantitative estimate of drug-likeness (QED) is 0.861. The molecular formula is C22H30N2. The van der Waals surface area contributed by atoms with Crippen LogP contribution >= 0.6 is 0 Å². The highest BCUT2D eigenvalue weighted by Crippen LogP contribution is 2.23. The topological polar surface area (TPSA) is 24.1 Å². The monoisotopic (exact) mass is 322 g/mol. The molecule has 2 N–H and O–H groups in total. The Balaban J connectivity index is 0.000000141. The fraction of sp³-hybridized carbons (Fsp3) is 0.455. The highest BCUT2D eigenvalue weighted by Gasteiger charge is 2.14. The Morgan fingerprint density at radius 3 is 1.33 bits per heavy atom. The first-order valence-corrected chi connectivity index (χ1v) is 9.45. The van der Waals surface area contributed by atoms with E-state index in [0.717, 1.165) is 24.9 Å². The Bertz CT molecular complexity index is 502. The molecule has 0 aromatic heterocycles. The number of rotatable bonds is 2. The van der Waals surface area contributed by atoms with Gasteiger partial charge in [0.2, 0.25) is 0 Å². The van der Waals surface area contributed by atoms with Crippen LogP contribution in [0.3, 0.4) is 0 Å². The summed E-state index contributed by atoms with van der Waals surface area (Å²) in [7, 11) is 0. The van der Waals surface area contributed by atoms with Crippen LogP contribution in [0, 0.1) is 0 Å².